The first-order chi connectivity index (χ1) is 13.2. The van der Waals surface area contributed by atoms with Gasteiger partial charge in [0.2, 0.25) is 0 Å². The molecule has 1 saturated carbocycles. The fourth-order valence-corrected chi connectivity index (χ4v) is 3.87. The minimum Gasteiger partial charge on any atom is -0.493 e. The molecule has 27 heavy (non-hydrogen) atoms. The van der Waals surface area contributed by atoms with Crippen molar-refractivity contribution in [1.82, 2.24) is 10.3 Å². The SMILES string of the molecule is Cc1ncccc1OC1CCC(NC(=O)c2ccc3c(c2)CCCO3)CC1. The van der Waals surface area contributed by atoms with E-state index >= 15 is 0 Å². The Morgan fingerprint density at radius 3 is 2.89 bits per heavy atom. The second-order valence-corrected chi connectivity index (χ2v) is 7.43. The molecule has 1 aliphatic carbocycles. The van der Waals surface area contributed by atoms with E-state index < -0.39 is 0 Å². The summed E-state index contributed by atoms with van der Waals surface area (Å²) in [5, 5.41) is 3.19. The second kappa shape index (κ2) is 7.99. The van der Waals surface area contributed by atoms with Crippen LogP contribution in [0.15, 0.2) is 36.5 Å². The Balaban J connectivity index is 1.30. The van der Waals surface area contributed by atoms with E-state index in [0.29, 0.717) is 0 Å². The van der Waals surface area contributed by atoms with E-state index in [2.05, 4.69) is 10.3 Å². The number of nitrogens with zero attached hydrogens (tertiary/aromatic N) is 1. The van der Waals surface area contributed by atoms with Crippen molar-refractivity contribution in [3.05, 3.63) is 53.3 Å². The van der Waals surface area contributed by atoms with E-state index in [9.17, 15) is 4.79 Å². The maximum Gasteiger partial charge on any atom is 0.251 e. The monoisotopic (exact) mass is 366 g/mol. The molecule has 1 amide bonds. The third-order valence-corrected chi connectivity index (χ3v) is 5.43. The summed E-state index contributed by atoms with van der Waals surface area (Å²) < 4.78 is 11.7. The predicted octanol–water partition coefficient (Wildman–Crippen LogP) is 3.84. The first kappa shape index (κ1) is 17.8. The number of fused-ring (bicyclic) bond motifs is 1. The number of hydrogen-bond acceptors (Lipinski definition) is 4. The number of ether oxygens (including phenoxy) is 2. The average Bonchev–Trinajstić information content (AvgIpc) is 2.71. The number of pyridine rings is 1. The van der Waals surface area contributed by atoms with Crippen molar-refractivity contribution in [2.24, 2.45) is 0 Å². The van der Waals surface area contributed by atoms with Gasteiger partial charge in [0.05, 0.1) is 18.4 Å². The molecule has 5 nitrogen and oxygen atoms in total. The third kappa shape index (κ3) is 4.24. The smallest absolute Gasteiger partial charge is 0.251 e. The summed E-state index contributed by atoms with van der Waals surface area (Å²) in [5.74, 6) is 1.79. The Labute approximate surface area is 160 Å². The average molecular weight is 366 g/mol. The minimum absolute atomic E-state index is 0.0100. The van der Waals surface area contributed by atoms with Gasteiger partial charge in [0.1, 0.15) is 11.5 Å². The highest BCUT2D eigenvalue weighted by atomic mass is 16.5. The van der Waals surface area contributed by atoms with Crippen LogP contribution in [0.25, 0.3) is 0 Å². The molecule has 1 fully saturated rings. The largest absolute Gasteiger partial charge is 0.493 e. The first-order valence-electron chi connectivity index (χ1n) is 9.84. The van der Waals surface area contributed by atoms with Crippen LogP contribution in [0.4, 0.5) is 0 Å². The van der Waals surface area contributed by atoms with Gasteiger partial charge in [0.15, 0.2) is 0 Å². The number of aromatic nitrogens is 1. The van der Waals surface area contributed by atoms with Crippen LogP contribution >= 0.6 is 0 Å². The van der Waals surface area contributed by atoms with Crippen molar-refractivity contribution >= 4 is 5.91 Å². The van der Waals surface area contributed by atoms with E-state index in [0.717, 1.165) is 73.5 Å². The second-order valence-electron chi connectivity index (χ2n) is 7.43. The molecule has 5 heteroatoms. The van der Waals surface area contributed by atoms with Gasteiger partial charge < -0.3 is 14.8 Å². The quantitative estimate of drug-likeness (QED) is 0.893. The maximum absolute atomic E-state index is 12.6. The molecule has 142 valence electrons. The molecular weight excluding hydrogens is 340 g/mol. The van der Waals surface area contributed by atoms with Crippen LogP contribution in [0.3, 0.4) is 0 Å². The van der Waals surface area contributed by atoms with Gasteiger partial charge in [-0.15, -0.1) is 0 Å². The number of amides is 1. The molecule has 0 atom stereocenters. The maximum atomic E-state index is 12.6. The van der Waals surface area contributed by atoms with E-state index in [1.165, 1.54) is 0 Å². The molecule has 2 aromatic rings. The summed E-state index contributed by atoms with van der Waals surface area (Å²) in [7, 11) is 0. The molecule has 1 aliphatic heterocycles. The zero-order chi connectivity index (χ0) is 18.6. The fourth-order valence-electron chi connectivity index (χ4n) is 3.87. The van der Waals surface area contributed by atoms with Gasteiger partial charge in [-0.05, 0) is 81.3 Å². The highest BCUT2D eigenvalue weighted by Gasteiger charge is 2.25. The summed E-state index contributed by atoms with van der Waals surface area (Å²) in [6, 6.07) is 9.83. The van der Waals surface area contributed by atoms with Crippen LogP contribution in [-0.2, 0) is 6.42 Å². The lowest BCUT2D eigenvalue weighted by Gasteiger charge is -2.30. The zero-order valence-electron chi connectivity index (χ0n) is 15.7. The first-order valence-corrected chi connectivity index (χ1v) is 9.84. The van der Waals surface area contributed by atoms with Crippen molar-refractivity contribution < 1.29 is 14.3 Å². The molecule has 0 unspecified atom stereocenters. The van der Waals surface area contributed by atoms with Crippen molar-refractivity contribution in [1.29, 1.82) is 0 Å². The van der Waals surface area contributed by atoms with Gasteiger partial charge in [-0.25, -0.2) is 0 Å². The number of benzene rings is 1. The summed E-state index contributed by atoms with van der Waals surface area (Å²) >= 11 is 0. The van der Waals surface area contributed by atoms with Crippen LogP contribution in [0.5, 0.6) is 11.5 Å². The van der Waals surface area contributed by atoms with Crippen LogP contribution in [0.1, 0.15) is 53.7 Å². The van der Waals surface area contributed by atoms with Crippen molar-refractivity contribution in [2.75, 3.05) is 6.61 Å². The number of hydrogen-bond donors (Lipinski definition) is 1. The number of carbonyl (C=O) groups excluding carboxylic acids is 1. The Kier molecular flexibility index (Phi) is 5.28. The summed E-state index contributed by atoms with van der Waals surface area (Å²) in [5.41, 5.74) is 2.78. The summed E-state index contributed by atoms with van der Waals surface area (Å²) in [6.07, 6.45) is 7.72. The molecule has 0 spiro atoms. The van der Waals surface area contributed by atoms with E-state index in [4.69, 9.17) is 9.47 Å². The molecule has 4 rings (SSSR count). The van der Waals surface area contributed by atoms with E-state index in [1.54, 1.807) is 6.20 Å². The normalized spacial score (nSPS) is 21.7. The summed E-state index contributed by atoms with van der Waals surface area (Å²) in [6.45, 7) is 2.73. The lowest BCUT2D eigenvalue weighted by atomic mass is 9.92. The van der Waals surface area contributed by atoms with Crippen LogP contribution in [0.2, 0.25) is 0 Å². The lowest BCUT2D eigenvalue weighted by molar-refractivity contribution is 0.0893. The van der Waals surface area contributed by atoms with Crippen LogP contribution in [-0.4, -0.2) is 29.6 Å². The Morgan fingerprint density at radius 1 is 1.22 bits per heavy atom. The Morgan fingerprint density at radius 2 is 2.07 bits per heavy atom. The molecule has 0 radical (unpaired) electrons. The Bertz CT molecular complexity index is 813. The minimum atomic E-state index is 0.0100. The van der Waals surface area contributed by atoms with Gasteiger partial charge in [-0.2, -0.15) is 0 Å². The van der Waals surface area contributed by atoms with E-state index in [1.807, 2.05) is 37.3 Å². The molecule has 0 saturated heterocycles. The van der Waals surface area contributed by atoms with Crippen molar-refractivity contribution in [3.63, 3.8) is 0 Å². The molecular formula is C22H26N2O3. The predicted molar refractivity (Wildman–Crippen MR) is 103 cm³/mol. The molecule has 1 N–H and O–H groups in total. The highest BCUT2D eigenvalue weighted by molar-refractivity contribution is 5.94. The van der Waals surface area contributed by atoms with Gasteiger partial charge in [-0.1, -0.05) is 0 Å². The standard InChI is InChI=1S/C22H26N2O3/c1-15-20(5-2-12-23-15)27-19-9-7-18(8-10-19)24-22(25)17-6-11-21-16(14-17)4-3-13-26-21/h2,5-6,11-12,14,18-19H,3-4,7-10,13H2,1H3,(H,24,25). The van der Waals surface area contributed by atoms with Gasteiger partial charge >= 0.3 is 0 Å². The molecule has 2 heterocycles. The number of rotatable bonds is 4. The fraction of sp³-hybridized carbons (Fsp3) is 0.455. The molecule has 1 aromatic heterocycles. The van der Waals surface area contributed by atoms with Gasteiger partial charge in [0.25, 0.3) is 5.91 Å². The highest BCUT2D eigenvalue weighted by Crippen LogP contribution is 2.27. The van der Waals surface area contributed by atoms with Crippen molar-refractivity contribution in [2.45, 2.75) is 57.6 Å². The molecule has 2 aliphatic rings. The van der Waals surface area contributed by atoms with Crippen LogP contribution in [0, 0.1) is 6.92 Å². The van der Waals surface area contributed by atoms with Crippen LogP contribution < -0.4 is 14.8 Å². The topological polar surface area (TPSA) is 60.5 Å². The van der Waals surface area contributed by atoms with E-state index in [-0.39, 0.29) is 18.1 Å². The number of nitrogens with one attached hydrogen (secondary N) is 1. The van der Waals surface area contributed by atoms with Gasteiger partial charge in [-0.3, -0.25) is 9.78 Å². The summed E-state index contributed by atoms with van der Waals surface area (Å²) in [4.78, 5) is 16.9. The number of aryl methyl sites for hydroxylation is 2. The number of carbonyl (C=O) groups is 1. The third-order valence-electron chi connectivity index (χ3n) is 5.43. The Hall–Kier alpha value is -2.56. The molecule has 0 bridgehead atoms. The lowest BCUT2D eigenvalue weighted by Crippen LogP contribution is -2.39. The zero-order valence-corrected chi connectivity index (χ0v) is 15.7. The van der Waals surface area contributed by atoms with Crippen molar-refractivity contribution in [3.8, 4) is 11.5 Å². The molecule has 1 aromatic carbocycles. The van der Waals surface area contributed by atoms with Gasteiger partial charge in [0, 0.05) is 17.8 Å².